The predicted molar refractivity (Wildman–Crippen MR) is 170 cm³/mol. The lowest BCUT2D eigenvalue weighted by molar-refractivity contribution is 1.19. The van der Waals surface area contributed by atoms with Crippen LogP contribution in [0.2, 0.25) is 0 Å². The summed E-state index contributed by atoms with van der Waals surface area (Å²) in [4.78, 5) is 23.7. The second-order valence-corrected chi connectivity index (χ2v) is 10.2. The first-order chi connectivity index (χ1) is 20.8. The van der Waals surface area contributed by atoms with Crippen LogP contribution >= 0.6 is 0 Å². The zero-order valence-corrected chi connectivity index (χ0v) is 22.5. The van der Waals surface area contributed by atoms with E-state index in [2.05, 4.69) is 93.8 Å². The number of benzene rings is 4. The number of nitrogens with zero attached hydrogens (tertiary/aromatic N) is 5. The van der Waals surface area contributed by atoms with Crippen LogP contribution in [0.15, 0.2) is 140 Å². The molecule has 0 fully saturated rings. The largest absolute Gasteiger partial charge is 0.254 e. The Morgan fingerprint density at radius 2 is 1.02 bits per heavy atom. The molecule has 0 N–H and O–H groups in total. The molecule has 0 atom stereocenters. The summed E-state index contributed by atoms with van der Waals surface area (Å²) in [6.07, 6.45) is 5.41. The van der Waals surface area contributed by atoms with Crippen LogP contribution in [0.3, 0.4) is 0 Å². The second kappa shape index (κ2) is 9.98. The fraction of sp³-hybridized carbons (Fsp3) is 0. The first-order valence-corrected chi connectivity index (χ1v) is 13.8. The Balaban J connectivity index is 1.07. The van der Waals surface area contributed by atoms with E-state index < -0.39 is 0 Å². The van der Waals surface area contributed by atoms with Crippen molar-refractivity contribution in [2.24, 2.45) is 0 Å². The molecular weight excluding hydrogens is 514 g/mol. The average Bonchev–Trinajstić information content (AvgIpc) is 3.08. The highest BCUT2D eigenvalue weighted by Crippen LogP contribution is 2.30. The molecule has 8 rings (SSSR count). The molecule has 0 spiro atoms. The van der Waals surface area contributed by atoms with E-state index >= 15 is 0 Å². The number of aromatic nitrogens is 5. The standard InChI is InChI=1S/C37H23N5/c1-2-5-25(6-3-1)34-22-40-35(23-39-34)33-19-16-30-21-29(15-18-32(30)41-33)24-8-10-26(11-9-24)31-17-14-28-13-12-27-7-4-20-38-36(27)37(28)42-31/h1-23H. The van der Waals surface area contributed by atoms with Crippen molar-refractivity contribution in [1.29, 1.82) is 0 Å². The molecule has 4 aromatic heterocycles. The molecule has 0 amide bonds. The van der Waals surface area contributed by atoms with Crippen LogP contribution in [0, 0.1) is 0 Å². The monoisotopic (exact) mass is 537 g/mol. The number of hydrogen-bond donors (Lipinski definition) is 0. The van der Waals surface area contributed by atoms with E-state index in [0.29, 0.717) is 0 Å². The summed E-state index contributed by atoms with van der Waals surface area (Å²) < 4.78 is 0. The molecule has 5 nitrogen and oxygen atoms in total. The van der Waals surface area contributed by atoms with Gasteiger partial charge in [-0.2, -0.15) is 0 Å². The highest BCUT2D eigenvalue weighted by molar-refractivity contribution is 6.03. The molecule has 0 saturated carbocycles. The number of rotatable bonds is 4. The van der Waals surface area contributed by atoms with Crippen LogP contribution in [0.25, 0.3) is 77.7 Å². The van der Waals surface area contributed by atoms with Gasteiger partial charge < -0.3 is 0 Å². The molecule has 0 saturated heterocycles. The average molecular weight is 538 g/mol. The van der Waals surface area contributed by atoms with Gasteiger partial charge in [-0.25, -0.2) is 9.97 Å². The molecule has 0 aliphatic carbocycles. The highest BCUT2D eigenvalue weighted by Gasteiger charge is 2.09. The summed E-state index contributed by atoms with van der Waals surface area (Å²) in [5, 5.41) is 3.26. The second-order valence-electron chi connectivity index (χ2n) is 10.2. The van der Waals surface area contributed by atoms with Crippen molar-refractivity contribution in [1.82, 2.24) is 24.9 Å². The van der Waals surface area contributed by atoms with Gasteiger partial charge in [-0.1, -0.05) is 91.0 Å². The SMILES string of the molecule is c1ccc(-c2cnc(-c3ccc4cc(-c5ccc(-c6ccc7ccc8cccnc8c7n6)cc5)ccc4n3)cn2)cc1. The quantitative estimate of drug-likeness (QED) is 0.210. The van der Waals surface area contributed by atoms with Crippen molar-refractivity contribution in [3.8, 4) is 45.0 Å². The third kappa shape index (κ3) is 4.34. The fourth-order valence-electron chi connectivity index (χ4n) is 5.38. The van der Waals surface area contributed by atoms with Crippen LogP contribution in [0.4, 0.5) is 0 Å². The summed E-state index contributed by atoms with van der Waals surface area (Å²) in [5.41, 5.74) is 10.5. The van der Waals surface area contributed by atoms with E-state index in [9.17, 15) is 0 Å². The molecule has 0 radical (unpaired) electrons. The lowest BCUT2D eigenvalue weighted by atomic mass is 10.0. The van der Waals surface area contributed by atoms with E-state index in [0.717, 1.165) is 77.7 Å². The van der Waals surface area contributed by atoms with Crippen molar-refractivity contribution < 1.29 is 0 Å². The Hall–Kier alpha value is -5.81. The maximum Gasteiger partial charge on any atom is 0.107 e. The Bertz CT molecular complexity index is 2230. The minimum absolute atomic E-state index is 0.752. The molecule has 8 aromatic rings. The zero-order valence-electron chi connectivity index (χ0n) is 22.5. The predicted octanol–water partition coefficient (Wildman–Crippen LogP) is 8.79. The minimum Gasteiger partial charge on any atom is -0.254 e. The summed E-state index contributed by atoms with van der Waals surface area (Å²) >= 11 is 0. The fourth-order valence-corrected chi connectivity index (χ4v) is 5.38. The van der Waals surface area contributed by atoms with Gasteiger partial charge in [-0.05, 0) is 41.5 Å². The zero-order chi connectivity index (χ0) is 27.9. The molecule has 0 unspecified atom stereocenters. The Kier molecular flexibility index (Phi) is 5.71. The normalized spacial score (nSPS) is 11.3. The highest BCUT2D eigenvalue weighted by atomic mass is 14.8. The molecule has 4 heterocycles. The molecule has 0 aliphatic rings. The van der Waals surface area contributed by atoms with Gasteiger partial charge in [0.25, 0.3) is 0 Å². The Morgan fingerprint density at radius 1 is 0.357 bits per heavy atom. The van der Waals surface area contributed by atoms with Crippen molar-refractivity contribution in [3.05, 3.63) is 140 Å². The van der Waals surface area contributed by atoms with E-state index in [-0.39, 0.29) is 0 Å². The summed E-state index contributed by atoms with van der Waals surface area (Å²) in [6, 6.07) is 41.5. The maximum absolute atomic E-state index is 4.99. The summed E-state index contributed by atoms with van der Waals surface area (Å²) in [6.45, 7) is 0. The van der Waals surface area contributed by atoms with Gasteiger partial charge in [0, 0.05) is 33.5 Å². The Morgan fingerprint density at radius 3 is 1.86 bits per heavy atom. The maximum atomic E-state index is 4.99. The van der Waals surface area contributed by atoms with Crippen LogP contribution in [-0.2, 0) is 0 Å². The third-order valence-corrected chi connectivity index (χ3v) is 7.62. The van der Waals surface area contributed by atoms with Crippen molar-refractivity contribution in [2.75, 3.05) is 0 Å². The minimum atomic E-state index is 0.752. The van der Waals surface area contributed by atoms with Gasteiger partial charge in [0.2, 0.25) is 0 Å². The van der Waals surface area contributed by atoms with Crippen molar-refractivity contribution in [3.63, 3.8) is 0 Å². The van der Waals surface area contributed by atoms with Crippen molar-refractivity contribution in [2.45, 2.75) is 0 Å². The number of pyridine rings is 3. The van der Waals surface area contributed by atoms with E-state index in [4.69, 9.17) is 9.97 Å². The van der Waals surface area contributed by atoms with Crippen LogP contribution in [-0.4, -0.2) is 24.9 Å². The van der Waals surface area contributed by atoms with Gasteiger partial charge >= 0.3 is 0 Å². The summed E-state index contributed by atoms with van der Waals surface area (Å²) in [7, 11) is 0. The molecule has 0 bridgehead atoms. The molecule has 4 aromatic carbocycles. The lowest BCUT2D eigenvalue weighted by Gasteiger charge is -2.08. The van der Waals surface area contributed by atoms with E-state index in [1.54, 1.807) is 12.4 Å². The van der Waals surface area contributed by atoms with Gasteiger partial charge in [-0.3, -0.25) is 15.0 Å². The smallest absolute Gasteiger partial charge is 0.107 e. The van der Waals surface area contributed by atoms with E-state index in [1.165, 1.54) is 0 Å². The Labute approximate surface area is 242 Å². The topological polar surface area (TPSA) is 64.5 Å². The van der Waals surface area contributed by atoms with Gasteiger partial charge in [0.1, 0.15) is 5.69 Å². The van der Waals surface area contributed by atoms with Gasteiger partial charge in [-0.15, -0.1) is 0 Å². The van der Waals surface area contributed by atoms with Crippen LogP contribution in [0.1, 0.15) is 0 Å². The molecule has 196 valence electrons. The molecule has 0 aliphatic heterocycles. The van der Waals surface area contributed by atoms with Gasteiger partial charge in [0.15, 0.2) is 0 Å². The third-order valence-electron chi connectivity index (χ3n) is 7.62. The van der Waals surface area contributed by atoms with E-state index in [1.807, 2.05) is 48.7 Å². The molecule has 42 heavy (non-hydrogen) atoms. The van der Waals surface area contributed by atoms with Crippen LogP contribution in [0.5, 0.6) is 0 Å². The number of fused-ring (bicyclic) bond motifs is 4. The first kappa shape index (κ1) is 24.0. The number of hydrogen-bond acceptors (Lipinski definition) is 5. The molecule has 5 heteroatoms. The van der Waals surface area contributed by atoms with Crippen molar-refractivity contribution >= 4 is 32.7 Å². The molecular formula is C37H23N5. The lowest BCUT2D eigenvalue weighted by Crippen LogP contribution is -1.92. The van der Waals surface area contributed by atoms with Gasteiger partial charge in [0.05, 0.1) is 46.0 Å². The summed E-state index contributed by atoms with van der Waals surface area (Å²) in [5.74, 6) is 0. The first-order valence-electron chi connectivity index (χ1n) is 13.8. The van der Waals surface area contributed by atoms with Crippen LogP contribution < -0.4 is 0 Å².